The first-order chi connectivity index (χ1) is 13.6. The molecule has 146 valence electrons. The van der Waals surface area contributed by atoms with Gasteiger partial charge in [0.05, 0.1) is 5.69 Å². The maximum atomic E-state index is 12.7. The first-order valence-corrected chi connectivity index (χ1v) is 10.1. The molecule has 0 bridgehead atoms. The van der Waals surface area contributed by atoms with Gasteiger partial charge in [-0.15, -0.1) is 11.3 Å². The van der Waals surface area contributed by atoms with Crippen LogP contribution in [0.2, 0.25) is 5.02 Å². The van der Waals surface area contributed by atoms with Crippen molar-refractivity contribution >= 4 is 28.8 Å². The zero-order valence-corrected chi connectivity index (χ0v) is 18.7. The van der Waals surface area contributed by atoms with E-state index in [1.165, 1.54) is 16.9 Å². The van der Waals surface area contributed by atoms with Gasteiger partial charge in [0.15, 0.2) is 4.80 Å². The van der Waals surface area contributed by atoms with Crippen LogP contribution in [0.25, 0.3) is 16.9 Å². The maximum Gasteiger partial charge on any atom is 0.279 e. The number of halogens is 2. The average Bonchev–Trinajstić information content (AvgIpc) is 3.13. The lowest BCUT2D eigenvalue weighted by Crippen LogP contribution is -3.00. The second kappa shape index (κ2) is 9.35. The van der Waals surface area contributed by atoms with E-state index in [1.54, 1.807) is 12.1 Å². The molecule has 0 aliphatic rings. The Kier molecular flexibility index (Phi) is 6.85. The first-order valence-electron chi connectivity index (χ1n) is 8.79. The quantitative estimate of drug-likeness (QED) is 0.440. The number of carbonyl (C=O) groups excluding carboxylic acids is 1. The fraction of sp³-hybridized carbons (Fsp3) is 0.0435. The minimum atomic E-state index is -0.258. The number of aromatic nitrogens is 1. The third-order valence-corrected chi connectivity index (χ3v) is 5.44. The lowest BCUT2D eigenvalue weighted by molar-refractivity contribution is -0.0000134. The predicted molar refractivity (Wildman–Crippen MR) is 115 cm³/mol. The maximum absolute atomic E-state index is 12.7. The van der Waals surface area contributed by atoms with Gasteiger partial charge in [0, 0.05) is 21.7 Å². The van der Waals surface area contributed by atoms with E-state index in [-0.39, 0.29) is 22.9 Å². The Balaban J connectivity index is 0.00000240. The highest BCUT2D eigenvalue weighted by Crippen LogP contribution is 2.25. The minimum Gasteiger partial charge on any atom is -1.00 e. The topological polar surface area (TPSA) is 34.4 Å². The van der Waals surface area contributed by atoms with Gasteiger partial charge in [0.25, 0.3) is 5.91 Å². The van der Waals surface area contributed by atoms with E-state index < -0.39 is 0 Å². The van der Waals surface area contributed by atoms with Crippen molar-refractivity contribution in [2.45, 2.75) is 6.92 Å². The second-order valence-corrected chi connectivity index (χ2v) is 7.64. The summed E-state index contributed by atoms with van der Waals surface area (Å²) in [6.07, 6.45) is 0. The van der Waals surface area contributed by atoms with Gasteiger partial charge in [-0.1, -0.05) is 59.6 Å². The summed E-state index contributed by atoms with van der Waals surface area (Å²) >= 11 is 7.49. The number of rotatable bonds is 3. The van der Waals surface area contributed by atoms with Crippen molar-refractivity contribution in [2.75, 3.05) is 0 Å². The van der Waals surface area contributed by atoms with Crippen molar-refractivity contribution in [3.8, 4) is 16.9 Å². The smallest absolute Gasteiger partial charge is 0.279 e. The molecule has 0 aliphatic heterocycles. The van der Waals surface area contributed by atoms with Crippen LogP contribution in [0.3, 0.4) is 0 Å². The van der Waals surface area contributed by atoms with E-state index in [4.69, 9.17) is 11.6 Å². The molecule has 1 heterocycles. The Bertz CT molecular complexity index is 1180. The zero-order chi connectivity index (χ0) is 19.5. The van der Waals surface area contributed by atoms with Crippen LogP contribution in [0, 0.1) is 6.92 Å². The lowest BCUT2D eigenvalue weighted by Gasteiger charge is -2.10. The van der Waals surface area contributed by atoms with Gasteiger partial charge < -0.3 is 17.0 Å². The highest BCUT2D eigenvalue weighted by Gasteiger charge is 2.12. The number of hydrogen-bond donors (Lipinski definition) is 0. The summed E-state index contributed by atoms with van der Waals surface area (Å²) in [5.41, 5.74) is 4.67. The van der Waals surface area contributed by atoms with E-state index in [0.717, 1.165) is 16.9 Å². The van der Waals surface area contributed by atoms with Crippen LogP contribution in [0.4, 0.5) is 0 Å². The van der Waals surface area contributed by atoms with Crippen LogP contribution in [0.15, 0.2) is 89.2 Å². The Morgan fingerprint density at radius 3 is 2.24 bits per heavy atom. The summed E-state index contributed by atoms with van der Waals surface area (Å²) in [5.74, 6) is -0.258. The Labute approximate surface area is 188 Å². The molecule has 0 spiro atoms. The Morgan fingerprint density at radius 2 is 1.59 bits per heavy atom. The van der Waals surface area contributed by atoms with Crippen molar-refractivity contribution in [1.29, 1.82) is 0 Å². The summed E-state index contributed by atoms with van der Waals surface area (Å²) in [7, 11) is 0. The lowest BCUT2D eigenvalue weighted by atomic mass is 10.1. The summed E-state index contributed by atoms with van der Waals surface area (Å²) in [6.45, 7) is 2.05. The number of thiazole rings is 1. The molecule has 4 aromatic rings. The molecule has 0 N–H and O–H groups in total. The molecule has 1 aromatic heterocycles. The van der Waals surface area contributed by atoms with Crippen LogP contribution in [-0.2, 0) is 0 Å². The van der Waals surface area contributed by atoms with Crippen molar-refractivity contribution in [1.82, 2.24) is 4.57 Å². The number of benzene rings is 3. The molecule has 29 heavy (non-hydrogen) atoms. The molecule has 0 saturated heterocycles. The fourth-order valence-corrected chi connectivity index (χ4v) is 3.92. The Morgan fingerprint density at radius 1 is 0.931 bits per heavy atom. The molecule has 0 radical (unpaired) electrons. The molecule has 0 atom stereocenters. The monoisotopic (exact) mass is 483 g/mol. The summed E-state index contributed by atoms with van der Waals surface area (Å²) < 4.78 is 2.01. The Hall–Kier alpha value is -2.47. The van der Waals surface area contributed by atoms with Gasteiger partial charge in [-0.25, -0.2) is 0 Å². The van der Waals surface area contributed by atoms with Gasteiger partial charge in [-0.2, -0.15) is 4.99 Å². The van der Waals surface area contributed by atoms with Gasteiger partial charge >= 0.3 is 0 Å². The predicted octanol–water partition coefficient (Wildman–Crippen LogP) is 2.91. The minimum absolute atomic E-state index is 0. The van der Waals surface area contributed by atoms with Crippen LogP contribution < -0.4 is 21.8 Å². The first kappa shape index (κ1) is 21.2. The molecular weight excluding hydrogens is 468 g/mol. The van der Waals surface area contributed by atoms with Crippen molar-refractivity contribution < 1.29 is 21.8 Å². The van der Waals surface area contributed by atoms with Gasteiger partial charge in [0.1, 0.15) is 0 Å². The van der Waals surface area contributed by atoms with Crippen LogP contribution in [0.1, 0.15) is 15.9 Å². The van der Waals surface area contributed by atoms with Crippen molar-refractivity contribution in [2.24, 2.45) is 4.99 Å². The number of amides is 1. The average molecular weight is 485 g/mol. The van der Waals surface area contributed by atoms with Gasteiger partial charge in [-0.3, -0.25) is 9.36 Å². The molecule has 0 saturated carbocycles. The molecule has 3 aromatic carbocycles. The van der Waals surface area contributed by atoms with Crippen LogP contribution >= 0.6 is 22.9 Å². The third-order valence-electron chi connectivity index (χ3n) is 4.36. The standard InChI is InChI=1S/C23H17ClN2OS.BrH/c1-16-7-13-20(14-8-16)26-21(17-9-11-19(24)12-10-17)15-28-23(26)25-22(27)18-5-3-2-4-6-18;/h2-15H,1H3;1H/p-1. The van der Waals surface area contributed by atoms with Crippen molar-refractivity contribution in [3.63, 3.8) is 0 Å². The summed E-state index contributed by atoms with van der Waals surface area (Å²) in [5, 5.41) is 2.70. The molecule has 0 aliphatic carbocycles. The number of carbonyl (C=O) groups is 1. The normalized spacial score (nSPS) is 11.2. The largest absolute Gasteiger partial charge is 1.00 e. The third kappa shape index (κ3) is 4.75. The van der Waals surface area contributed by atoms with Crippen LogP contribution in [0.5, 0.6) is 0 Å². The molecule has 4 rings (SSSR count). The van der Waals surface area contributed by atoms with Gasteiger partial charge in [-0.05, 0) is 48.9 Å². The second-order valence-electron chi connectivity index (χ2n) is 6.36. The molecule has 6 heteroatoms. The van der Waals surface area contributed by atoms with E-state index in [1.807, 2.05) is 71.5 Å². The molecule has 3 nitrogen and oxygen atoms in total. The summed E-state index contributed by atoms with van der Waals surface area (Å²) in [6, 6.07) is 24.9. The highest BCUT2D eigenvalue weighted by molar-refractivity contribution is 7.07. The van der Waals surface area contributed by atoms with E-state index in [2.05, 4.69) is 17.1 Å². The van der Waals surface area contributed by atoms with E-state index in [9.17, 15) is 4.79 Å². The molecule has 1 amide bonds. The van der Waals surface area contributed by atoms with Crippen molar-refractivity contribution in [3.05, 3.63) is 105 Å². The zero-order valence-electron chi connectivity index (χ0n) is 15.5. The molecular formula is C23H17BrClN2OS-. The number of aryl methyl sites for hydroxylation is 1. The molecule has 0 unspecified atom stereocenters. The SMILES string of the molecule is Cc1ccc(-n2c(-c3ccc(Cl)cc3)csc2=NC(=O)c2ccccc2)cc1.[Br-]. The van der Waals surface area contributed by atoms with Crippen LogP contribution in [-0.4, -0.2) is 10.5 Å². The highest BCUT2D eigenvalue weighted by atomic mass is 79.9. The number of hydrogen-bond acceptors (Lipinski definition) is 2. The molecule has 0 fully saturated rings. The van der Waals surface area contributed by atoms with E-state index >= 15 is 0 Å². The fourth-order valence-electron chi connectivity index (χ4n) is 2.89. The van der Waals surface area contributed by atoms with E-state index in [0.29, 0.717) is 15.4 Å². The van der Waals surface area contributed by atoms with Gasteiger partial charge in [0.2, 0.25) is 0 Å². The number of nitrogens with zero attached hydrogens (tertiary/aromatic N) is 2. The summed E-state index contributed by atoms with van der Waals surface area (Å²) in [4.78, 5) is 17.7.